The first-order valence-corrected chi connectivity index (χ1v) is 46.9. The van der Waals surface area contributed by atoms with Crippen LogP contribution in [-0.2, 0) is 86.8 Å². The molecule has 1 fully saturated rings. The molecule has 0 radical (unpaired) electrons. The van der Waals surface area contributed by atoms with Crippen LogP contribution >= 0.6 is 28.6 Å². The molecular weight excluding hydrogens is 1840 g/mol. The SMILES string of the molecule is Br.CC(C)CCC(=O)Cl.COc1ccc(CCCC(=O)O)cc1.COc1ccc(CCCC(N)=O)cc1.NCCCCc1ccc(O)cc1.NCCCCc1ccc(OCC(O)CO)cc1.NCCCCc1ccc(OCC(O)CO)cc1.O=C(NCCCCc1ccc(O)cc1)OCc1ccccc1.O=C(NCCCCc1ccc(OCC(O)CO)cc1)OCc1ccccc1.OCC1CO1. The zero-order chi connectivity index (χ0) is 99.8. The molecular formula is C106H152BrClN6O23. The monoisotopic (exact) mass is 1990 g/mol. The quantitative estimate of drug-likeness (QED) is 0.00956. The Labute approximate surface area is 825 Å². The lowest BCUT2D eigenvalue weighted by atomic mass is 10.1. The average Bonchev–Trinajstić information content (AvgIpc) is 1.15. The van der Waals surface area contributed by atoms with E-state index in [-0.39, 0.29) is 105 Å². The molecule has 137 heavy (non-hydrogen) atoms. The van der Waals surface area contributed by atoms with Gasteiger partial charge in [-0.2, -0.15) is 0 Å². The standard InChI is InChI=1S/C21H27NO5.C18H21NO3.2C13H21NO3.C11H15NO2.C11H14O3.C10H15NO.C6H11ClO.C3H6O2.BrH/c23-14-19(24)16-26-20-11-9-17(10-12-20)6-4-5-13-22-21(25)27-15-18-7-2-1-3-8-18;20-17-11-9-15(10-12-17)6-4-5-13-19-18(21)22-14-16-7-2-1-3-8-16;2*14-8-2-1-3-11-4-6-13(7-5-11)17-10-12(16)9-15;2*1-14-10-7-5-9(6-8-10)3-2-4-11(12)13;11-8-2-1-3-9-4-6-10(12)7-5-9;1-5(2)3-4-6(7)8;4-1-3-2-5-3;/h1-3,7-12,19,23-24H,4-6,13-16H2,(H,22,25);1-3,7-12,20H,4-6,13-14H2,(H,19,21);2*4-7,12,15-16H,1-3,8-10,14H2;5-8H,2-4H2,1H3,(H2,12,13);5-8H,2-4H2,1H3,(H,12,13);4-7,12H,1-3,8,11H2;5H,3-4H2,1-2H3;3-4H,1-2H2;1H. The number of nitrogens with one attached hydrogen (secondary N) is 2. The first-order valence-electron chi connectivity index (χ1n) is 46.5. The van der Waals surface area contributed by atoms with E-state index in [1.165, 1.54) is 33.4 Å². The molecule has 1 aliphatic rings. The largest absolute Gasteiger partial charge is 0.508 e. The highest BCUT2D eigenvalue weighted by atomic mass is 79.9. The van der Waals surface area contributed by atoms with Gasteiger partial charge in [0.15, 0.2) is 0 Å². The van der Waals surface area contributed by atoms with Crippen LogP contribution in [0.4, 0.5) is 9.59 Å². The number of methoxy groups -OCH3 is 2. The fraction of sp³-hybridized carbons (Fsp3) is 0.443. The molecule has 20 N–H and O–H groups in total. The van der Waals surface area contributed by atoms with Crippen LogP contribution in [0.1, 0.15) is 167 Å². The van der Waals surface area contributed by atoms with Gasteiger partial charge in [0.1, 0.15) is 97.7 Å². The van der Waals surface area contributed by atoms with Crippen LogP contribution in [-0.4, -0.2) is 205 Å². The molecule has 1 saturated heterocycles. The summed E-state index contributed by atoms with van der Waals surface area (Å²) in [6.07, 6.45) is 17.3. The number of carbonyl (C=O) groups is 5. The Morgan fingerprint density at radius 2 is 0.672 bits per heavy atom. The van der Waals surface area contributed by atoms with E-state index in [1.54, 1.807) is 38.5 Å². The molecule has 0 bridgehead atoms. The molecule has 4 unspecified atom stereocenters. The van der Waals surface area contributed by atoms with Crippen molar-refractivity contribution in [2.24, 2.45) is 28.9 Å². The number of phenolic OH excluding ortho intramolecular Hbond substituents is 2. The number of hydrogen-bond acceptors (Lipinski definition) is 25. The summed E-state index contributed by atoms with van der Waals surface area (Å²) in [5.74, 6) is 3.98. The minimum atomic E-state index is -0.864. The minimum absolute atomic E-state index is 0. The zero-order valence-electron chi connectivity index (χ0n) is 80.1. The number of aromatic hydroxyl groups is 2. The summed E-state index contributed by atoms with van der Waals surface area (Å²) < 4.78 is 40.9. The van der Waals surface area contributed by atoms with E-state index in [0.717, 1.165) is 176 Å². The molecule has 10 rings (SSSR count). The fourth-order valence-corrected chi connectivity index (χ4v) is 11.8. The number of carbonyl (C=O) groups excluding carboxylic acids is 4. The van der Waals surface area contributed by atoms with Crippen molar-refractivity contribution < 1.29 is 113 Å². The van der Waals surface area contributed by atoms with Crippen LogP contribution < -0.4 is 57.3 Å². The molecule has 0 spiro atoms. The summed E-state index contributed by atoms with van der Waals surface area (Å²) in [6.45, 7) is 8.50. The van der Waals surface area contributed by atoms with Crippen molar-refractivity contribution in [1.29, 1.82) is 0 Å². The highest BCUT2D eigenvalue weighted by Gasteiger charge is 2.20. The summed E-state index contributed by atoms with van der Waals surface area (Å²) >= 11 is 5.08. The predicted octanol–water partition coefficient (Wildman–Crippen LogP) is 15.1. The average molecular weight is 1990 g/mol. The van der Waals surface area contributed by atoms with Crippen molar-refractivity contribution in [2.75, 3.05) is 99.8 Å². The number of carboxylic acid groups (broad SMARTS) is 1. The number of ether oxygens (including phenoxy) is 8. The Morgan fingerprint density at radius 3 is 0.905 bits per heavy atom. The van der Waals surface area contributed by atoms with Gasteiger partial charge in [0.25, 0.3) is 0 Å². The maximum atomic E-state index is 11.6. The lowest BCUT2D eigenvalue weighted by Crippen LogP contribution is -2.25. The molecule has 0 aromatic heterocycles. The number of amides is 3. The van der Waals surface area contributed by atoms with Gasteiger partial charge >= 0.3 is 18.2 Å². The van der Waals surface area contributed by atoms with Crippen LogP contribution in [0.5, 0.6) is 40.2 Å². The number of nitrogens with two attached hydrogens (primary N) is 4. The van der Waals surface area contributed by atoms with Gasteiger partial charge in [0.05, 0.1) is 47.3 Å². The number of hydrogen-bond donors (Lipinski definition) is 16. The Morgan fingerprint density at radius 1 is 0.394 bits per heavy atom. The second kappa shape index (κ2) is 82.2. The smallest absolute Gasteiger partial charge is 0.407 e. The Balaban J connectivity index is 0.000000790. The third kappa shape index (κ3) is 71.2. The van der Waals surface area contributed by atoms with E-state index in [1.807, 2.05) is 206 Å². The molecule has 0 saturated carbocycles. The number of aliphatic hydroxyl groups is 7. The lowest BCUT2D eigenvalue weighted by Gasteiger charge is -2.10. The molecule has 3 amide bonds. The molecule has 0 aliphatic carbocycles. The van der Waals surface area contributed by atoms with Crippen LogP contribution in [0.3, 0.4) is 0 Å². The van der Waals surface area contributed by atoms with Gasteiger partial charge in [-0.25, -0.2) is 9.59 Å². The number of unbranched alkanes of at least 4 members (excludes halogenated alkanes) is 5. The van der Waals surface area contributed by atoms with Crippen LogP contribution in [0.2, 0.25) is 0 Å². The van der Waals surface area contributed by atoms with Crippen molar-refractivity contribution in [1.82, 2.24) is 10.6 Å². The fourth-order valence-electron chi connectivity index (χ4n) is 11.6. The van der Waals surface area contributed by atoms with Gasteiger partial charge in [0, 0.05) is 32.4 Å². The number of epoxide rings is 1. The number of alkyl carbamates (subject to hydrolysis) is 2. The van der Waals surface area contributed by atoms with E-state index in [4.69, 9.17) is 109 Å². The van der Waals surface area contributed by atoms with Crippen LogP contribution in [0, 0.1) is 5.92 Å². The summed E-state index contributed by atoms with van der Waals surface area (Å²) in [7, 11) is 3.27. The van der Waals surface area contributed by atoms with Gasteiger partial charge in [0.2, 0.25) is 11.1 Å². The number of halogens is 2. The van der Waals surface area contributed by atoms with Crippen molar-refractivity contribution >= 4 is 57.9 Å². The number of carboxylic acids is 1. The predicted molar refractivity (Wildman–Crippen MR) is 543 cm³/mol. The molecule has 29 nitrogen and oxygen atoms in total. The number of phenols is 2. The van der Waals surface area contributed by atoms with Gasteiger partial charge in [-0.1, -0.05) is 159 Å². The minimum Gasteiger partial charge on any atom is -0.508 e. The van der Waals surface area contributed by atoms with Crippen LogP contribution in [0.25, 0.3) is 0 Å². The lowest BCUT2D eigenvalue weighted by molar-refractivity contribution is -0.137. The number of aliphatic carboxylic acids is 1. The molecule has 31 heteroatoms. The Hall–Kier alpha value is -10.9. The highest BCUT2D eigenvalue weighted by Crippen LogP contribution is 2.21. The maximum absolute atomic E-state index is 11.6. The molecule has 1 aliphatic heterocycles. The summed E-state index contributed by atoms with van der Waals surface area (Å²) in [5, 5.41) is 93.6. The molecule has 9 aromatic carbocycles. The topological polar surface area (TPSA) is 493 Å². The Bertz CT molecular complexity index is 4300. The molecule has 1 heterocycles. The number of aryl methyl sites for hydroxylation is 7. The molecule has 758 valence electrons. The zero-order valence-corrected chi connectivity index (χ0v) is 82.5. The first-order chi connectivity index (χ1) is 65.7. The third-order valence-electron chi connectivity index (χ3n) is 19.7. The molecule has 9 aromatic rings. The van der Waals surface area contributed by atoms with Gasteiger partial charge in [-0.05, 0) is 301 Å². The van der Waals surface area contributed by atoms with Crippen molar-refractivity contribution in [3.8, 4) is 40.2 Å². The number of primary amides is 1. The van der Waals surface area contributed by atoms with E-state index >= 15 is 0 Å². The van der Waals surface area contributed by atoms with E-state index in [9.17, 15) is 34.2 Å². The number of rotatable bonds is 52. The Kier molecular flexibility index (Phi) is 74.4. The van der Waals surface area contributed by atoms with Gasteiger partial charge < -0.3 is 123 Å². The second-order valence-electron chi connectivity index (χ2n) is 32.0. The number of benzene rings is 9. The van der Waals surface area contributed by atoms with Crippen molar-refractivity contribution in [2.45, 2.75) is 199 Å². The van der Waals surface area contributed by atoms with Gasteiger partial charge in [-0.15, -0.1) is 17.0 Å². The summed E-state index contributed by atoms with van der Waals surface area (Å²) in [6, 6.07) is 72.4. The van der Waals surface area contributed by atoms with Crippen molar-refractivity contribution in [3.63, 3.8) is 0 Å². The van der Waals surface area contributed by atoms with E-state index in [0.29, 0.717) is 67.9 Å². The summed E-state index contributed by atoms with van der Waals surface area (Å²) in [5.41, 5.74) is 31.7. The highest BCUT2D eigenvalue weighted by molar-refractivity contribution is 8.93. The summed E-state index contributed by atoms with van der Waals surface area (Å²) in [4.78, 5) is 54.0. The van der Waals surface area contributed by atoms with Gasteiger partial charge in [-0.3, -0.25) is 14.4 Å². The maximum Gasteiger partial charge on any atom is 0.407 e. The second-order valence-corrected chi connectivity index (χ2v) is 32.4. The van der Waals surface area contributed by atoms with Crippen LogP contribution in [0.15, 0.2) is 231 Å². The normalized spacial score (nSPS) is 11.7. The van der Waals surface area contributed by atoms with Crippen molar-refractivity contribution in [3.05, 3.63) is 281 Å². The van der Waals surface area contributed by atoms with E-state index < -0.39 is 30.4 Å². The molecule has 4 atom stereocenters. The van der Waals surface area contributed by atoms with E-state index in [2.05, 4.69) is 29.2 Å². The third-order valence-corrected chi connectivity index (χ3v) is 19.9. The first kappa shape index (κ1) is 124. The number of aliphatic hydroxyl groups excluding tert-OH is 7.